The van der Waals surface area contributed by atoms with Crippen LogP contribution in [0.3, 0.4) is 0 Å². The van der Waals surface area contributed by atoms with Gasteiger partial charge in [0.15, 0.2) is 0 Å². The van der Waals surface area contributed by atoms with E-state index in [1.807, 2.05) is 0 Å². The van der Waals surface area contributed by atoms with Gasteiger partial charge >= 0.3 is 0 Å². The SMILES string of the molecule is C.C.C.C.NCN([C-]=O)[C-]=O.NCN([C-]=O)[C-]=O.O=[C-]N([C-]=O)CN([C-]=O)[C-]=O.O=[C-]N([C-]=O)CN([C-]=O)[C-]=O.O=[C-]O[C-]=O.O=[C-]O[C-]=O.[Y].[Y].[Y].[Y]. The average Bonchev–Trinajstić information content (AvgIpc) is 3.10. The van der Waals surface area contributed by atoms with Gasteiger partial charge in [0.05, 0.1) is 0 Å². The van der Waals surface area contributed by atoms with Gasteiger partial charge in [0.2, 0.25) is 0 Å². The molecule has 0 aliphatic rings. The van der Waals surface area contributed by atoms with E-state index in [1.165, 1.54) is 25.6 Å². The van der Waals surface area contributed by atoms with Crippen LogP contribution >= 0.6 is 0 Å². The molecule has 0 rings (SSSR count). The van der Waals surface area contributed by atoms with Crippen molar-refractivity contribution in [2.45, 2.75) is 29.7 Å². The number of ether oxygens (including phenoxy) is 2. The summed E-state index contributed by atoms with van der Waals surface area (Å²) >= 11 is 0. The minimum Gasteiger partial charge on any atom is -0.783 e. The van der Waals surface area contributed by atoms with Gasteiger partial charge in [0.25, 0.3) is 0 Å². The van der Waals surface area contributed by atoms with Gasteiger partial charge in [-0.3, -0.25) is 0 Å². The summed E-state index contributed by atoms with van der Waals surface area (Å²) in [6, 6.07) is 0. The predicted octanol–water partition coefficient (Wildman–Crippen LogP) is -6.88. The fraction of sp³-hybridized carbons (Fsp3) is 0.333. The zero-order chi connectivity index (χ0) is 37.0. The Bertz CT molecular complexity index is 782. The molecule has 0 bridgehead atoms. The Balaban J connectivity index is -0.0000000295. The fourth-order valence-electron chi connectivity index (χ4n) is 0.809. The quantitative estimate of drug-likeness (QED) is 0.0440. The molecule has 0 saturated carbocycles. The Hall–Kier alpha value is -2.54. The first kappa shape index (κ1) is 93.4. The minimum absolute atomic E-state index is 0. The van der Waals surface area contributed by atoms with Crippen molar-refractivity contribution in [3.63, 3.8) is 0 Å². The van der Waals surface area contributed by atoms with Crippen LogP contribution in [0, 0.1) is 0 Å². The Morgan fingerprint density at radius 3 is 0.463 bits per heavy atom. The summed E-state index contributed by atoms with van der Waals surface area (Å²) in [6.07, 6.45) is 13.8. The molecule has 30 heteroatoms. The van der Waals surface area contributed by atoms with E-state index in [0.717, 1.165) is 77.2 Å². The molecule has 4 N–H and O–H groups in total. The standard InChI is InChI=1S/2C5H2N2O4.2C3H4N2O2.2C2O3.4CH4.4Y/c2*8-2-6(3-9)1-7(4-10)5-11;2*4-1-5(2-6)3-7;2*3-1-5-2-4;;;;;;;;/h2*1H2;2*1,4H2;;;4*1H4;;;;/q2*-4;4*-2;;;;;;;;. The zero-order valence-corrected chi connectivity index (χ0v) is 35.7. The third-order valence-corrected chi connectivity index (χ3v) is 2.42. The van der Waals surface area contributed by atoms with E-state index in [-0.39, 0.29) is 174 Å². The number of hydrogen-bond acceptors (Lipinski definition) is 20. The van der Waals surface area contributed by atoms with E-state index in [4.69, 9.17) is 30.6 Å². The van der Waals surface area contributed by atoms with Gasteiger partial charge in [-0.25, -0.2) is 0 Å². The maximum absolute atomic E-state index is 9.76. The molecule has 4 radical (unpaired) electrons. The van der Waals surface area contributed by atoms with Crippen LogP contribution in [0.15, 0.2) is 0 Å². The van der Waals surface area contributed by atoms with Crippen molar-refractivity contribution in [1.29, 1.82) is 0 Å². The number of amides is 12. The zero-order valence-electron chi connectivity index (χ0n) is 24.3. The van der Waals surface area contributed by atoms with Gasteiger partial charge in [-0.05, 0) is 13.3 Å². The van der Waals surface area contributed by atoms with Crippen molar-refractivity contribution >= 4 is 103 Å². The third-order valence-electron chi connectivity index (χ3n) is 2.42. The normalized spacial score (nSPS) is 6.26. The molecule has 54 heavy (non-hydrogen) atoms. The van der Waals surface area contributed by atoms with E-state index in [0.29, 0.717) is 29.4 Å². The van der Waals surface area contributed by atoms with Gasteiger partial charge in [0.1, 0.15) is 0 Å². The molecule has 0 fully saturated rings. The largest absolute Gasteiger partial charge is 0.783 e. The van der Waals surface area contributed by atoms with Crippen LogP contribution in [0.1, 0.15) is 29.7 Å². The Morgan fingerprint density at radius 2 is 0.426 bits per heavy atom. The van der Waals surface area contributed by atoms with Gasteiger partial charge in [-0.1, -0.05) is 29.7 Å². The molecule has 0 unspecified atom stereocenters. The first-order valence-electron chi connectivity index (χ1n) is 9.48. The summed E-state index contributed by atoms with van der Waals surface area (Å²) in [7, 11) is 0. The van der Waals surface area contributed by atoms with Gasteiger partial charge in [-0.15, -0.1) is 25.9 Å². The van der Waals surface area contributed by atoms with Crippen LogP contribution < -0.4 is 11.5 Å². The van der Waals surface area contributed by atoms with Gasteiger partial charge in [0, 0.05) is 144 Å². The van der Waals surface area contributed by atoms with E-state index < -0.39 is 13.3 Å². The minimum atomic E-state index is -0.569. The van der Waals surface area contributed by atoms with E-state index in [2.05, 4.69) is 9.47 Å². The van der Waals surface area contributed by atoms with Crippen LogP contribution in [0.2, 0.25) is 0 Å². The number of nitrogens with zero attached hydrogens (tertiary/aromatic N) is 6. The topological polar surface area (TPSA) is 363 Å². The summed E-state index contributed by atoms with van der Waals surface area (Å²) in [6.45, 7) is 1.92. The Labute approximate surface area is 412 Å². The molecular weight excluding hydrogens is 1040 g/mol. The summed E-state index contributed by atoms with van der Waals surface area (Å²) in [5.74, 6) is 0. The van der Waals surface area contributed by atoms with Gasteiger partial charge in [-0.2, -0.15) is 76.9 Å². The second kappa shape index (κ2) is 88.0. The van der Waals surface area contributed by atoms with Crippen molar-refractivity contribution in [2.24, 2.45) is 11.5 Å². The molecule has 0 spiro atoms. The average molecular weight is 1070 g/mol. The maximum Gasteiger partial charge on any atom is 0.0137 e. The molecule has 0 aliphatic carbocycles. The molecular formula is C24H28N8O18Y4-16. The summed E-state index contributed by atoms with van der Waals surface area (Å²) in [5.41, 5.74) is 9.59. The second-order valence-corrected chi connectivity index (χ2v) is 4.85. The molecule has 0 saturated heterocycles. The summed E-state index contributed by atoms with van der Waals surface area (Å²) < 4.78 is 6.44. The monoisotopic (exact) mass is 1070 g/mol. The first-order chi connectivity index (χ1) is 22.1. The molecule has 0 aromatic rings. The smallest absolute Gasteiger partial charge is 0.0137 e. The first-order valence-corrected chi connectivity index (χ1v) is 9.48. The van der Waals surface area contributed by atoms with Crippen molar-refractivity contribution < 1.29 is 217 Å². The van der Waals surface area contributed by atoms with E-state index in [9.17, 15) is 57.5 Å². The third kappa shape index (κ3) is 82.8. The number of rotatable bonds is 22. The van der Waals surface area contributed by atoms with Crippen molar-refractivity contribution in [1.82, 2.24) is 29.4 Å². The van der Waals surface area contributed by atoms with Gasteiger partial charge < -0.3 is 127 Å². The predicted molar refractivity (Wildman–Crippen MR) is 159 cm³/mol. The number of carbonyl (C=O) groups excluding carboxylic acids is 16. The van der Waals surface area contributed by atoms with Crippen molar-refractivity contribution in [3.05, 3.63) is 0 Å². The Kier molecular flexibility index (Phi) is 152. The Morgan fingerprint density at radius 1 is 0.296 bits per heavy atom. The molecule has 0 heterocycles. The summed E-state index contributed by atoms with van der Waals surface area (Å²) in [5, 5.41) is 0. The number of hydrogen-bond donors (Lipinski definition) is 2. The van der Waals surface area contributed by atoms with Crippen LogP contribution in [0.4, 0.5) is 0 Å². The molecule has 0 atom stereocenters. The van der Waals surface area contributed by atoms with Crippen LogP contribution in [-0.2, 0) is 217 Å². The van der Waals surface area contributed by atoms with Crippen LogP contribution in [0.25, 0.3) is 0 Å². The molecule has 0 aliphatic heterocycles. The fourth-order valence-corrected chi connectivity index (χ4v) is 0.809. The molecule has 12 amide bonds. The summed E-state index contributed by atoms with van der Waals surface area (Å²) in [4.78, 5) is 153. The van der Waals surface area contributed by atoms with Crippen LogP contribution in [0.5, 0.6) is 0 Å². The van der Waals surface area contributed by atoms with E-state index in [1.54, 1.807) is 0 Å². The van der Waals surface area contributed by atoms with Crippen molar-refractivity contribution in [3.8, 4) is 0 Å². The maximum atomic E-state index is 9.76. The number of nitrogens with two attached hydrogens (primary N) is 2. The van der Waals surface area contributed by atoms with Crippen molar-refractivity contribution in [2.75, 3.05) is 26.7 Å². The number of imide groups is 6. The van der Waals surface area contributed by atoms with E-state index >= 15 is 0 Å². The molecule has 300 valence electrons. The second-order valence-electron chi connectivity index (χ2n) is 4.85. The van der Waals surface area contributed by atoms with Crippen LogP contribution in [-0.4, -0.2) is 159 Å². The molecule has 26 nitrogen and oxygen atoms in total. The molecule has 0 aromatic carbocycles. The molecule has 0 aromatic heterocycles.